The minimum atomic E-state index is -4.41. The van der Waals surface area contributed by atoms with E-state index in [-0.39, 0.29) is 45.2 Å². The zero-order chi connectivity index (χ0) is 25.3. The van der Waals surface area contributed by atoms with Crippen molar-refractivity contribution in [3.05, 3.63) is 65.5 Å². The van der Waals surface area contributed by atoms with Crippen molar-refractivity contribution in [1.82, 2.24) is 9.78 Å². The monoisotopic (exact) mass is 501 g/mol. The number of halogens is 3. The summed E-state index contributed by atoms with van der Waals surface area (Å²) in [5.74, 6) is -0.682. The number of aromatic nitrogens is 2. The number of alkyl halides is 3. The van der Waals surface area contributed by atoms with Gasteiger partial charge in [-0.15, -0.1) is 0 Å². The van der Waals surface area contributed by atoms with Crippen LogP contribution in [0.1, 0.15) is 33.3 Å². The van der Waals surface area contributed by atoms with E-state index in [0.29, 0.717) is 18.0 Å². The first-order valence-electron chi connectivity index (χ1n) is 10.3. The van der Waals surface area contributed by atoms with Gasteiger partial charge in [0.2, 0.25) is 0 Å². The zero-order valence-electron chi connectivity index (χ0n) is 18.5. The lowest BCUT2D eigenvalue weighted by atomic mass is 10.1. The molecule has 0 saturated carbocycles. The van der Waals surface area contributed by atoms with Crippen LogP contribution in [0, 0.1) is 11.3 Å². The summed E-state index contributed by atoms with van der Waals surface area (Å²) in [6.07, 6.45) is 1.36. The molecule has 3 aromatic rings. The van der Waals surface area contributed by atoms with Crippen LogP contribution in [-0.2, 0) is 6.54 Å². The van der Waals surface area contributed by atoms with E-state index in [1.54, 1.807) is 6.92 Å². The van der Waals surface area contributed by atoms with Crippen molar-refractivity contribution in [2.75, 3.05) is 17.3 Å². The Labute approximate surface area is 202 Å². The second-order valence-electron chi connectivity index (χ2n) is 7.64. The molecule has 1 aromatic heterocycles. The molecule has 1 unspecified atom stereocenters. The van der Waals surface area contributed by atoms with Gasteiger partial charge >= 0.3 is 5.51 Å². The highest BCUT2D eigenvalue weighted by Gasteiger charge is 2.35. The molecule has 12 heteroatoms. The second kappa shape index (κ2) is 9.34. The number of thioether (sulfide) groups is 1. The first kappa shape index (κ1) is 24.2. The number of ether oxygens (including phenoxy) is 1. The van der Waals surface area contributed by atoms with Gasteiger partial charge in [-0.3, -0.25) is 14.3 Å². The molecule has 0 spiro atoms. The number of fused-ring (bicyclic) bond motifs is 1. The van der Waals surface area contributed by atoms with E-state index < -0.39 is 17.3 Å². The SMILES string of the molecule is COc1ccc(C(=O)Nc2cnn3c2C(=O)N(c2ccc(SC(F)(F)F)cc2)C(C)C3)cc1C#N. The van der Waals surface area contributed by atoms with Crippen molar-refractivity contribution in [3.63, 3.8) is 0 Å². The Morgan fingerprint density at radius 3 is 2.60 bits per heavy atom. The third-order valence-corrected chi connectivity index (χ3v) is 6.06. The van der Waals surface area contributed by atoms with Gasteiger partial charge in [0.25, 0.3) is 11.8 Å². The smallest absolute Gasteiger partial charge is 0.446 e. The highest BCUT2D eigenvalue weighted by molar-refractivity contribution is 8.00. The normalized spacial score (nSPS) is 15.4. The van der Waals surface area contributed by atoms with Gasteiger partial charge < -0.3 is 15.0 Å². The van der Waals surface area contributed by atoms with Crippen molar-refractivity contribution in [2.24, 2.45) is 0 Å². The summed E-state index contributed by atoms with van der Waals surface area (Å²) in [7, 11) is 1.41. The van der Waals surface area contributed by atoms with Gasteiger partial charge in [0.15, 0.2) is 0 Å². The van der Waals surface area contributed by atoms with Gasteiger partial charge in [-0.1, -0.05) is 0 Å². The fourth-order valence-electron chi connectivity index (χ4n) is 3.80. The molecule has 0 fully saturated rings. The van der Waals surface area contributed by atoms with E-state index in [4.69, 9.17) is 4.74 Å². The van der Waals surface area contributed by atoms with Crippen molar-refractivity contribution in [2.45, 2.75) is 29.9 Å². The number of hydrogen-bond acceptors (Lipinski definition) is 6. The predicted octanol–water partition coefficient (Wildman–Crippen LogP) is 4.68. The Kier molecular flexibility index (Phi) is 6.45. The Bertz CT molecular complexity index is 1330. The average Bonchev–Trinajstić information content (AvgIpc) is 3.21. The summed E-state index contributed by atoms with van der Waals surface area (Å²) in [5.41, 5.74) is -3.30. The third kappa shape index (κ3) is 4.95. The number of anilines is 2. The molecule has 1 aliphatic rings. The van der Waals surface area contributed by atoms with E-state index >= 15 is 0 Å². The fraction of sp³-hybridized carbons (Fsp3) is 0.217. The van der Waals surface area contributed by atoms with E-state index in [1.165, 1.54) is 65.4 Å². The number of rotatable bonds is 5. The molecule has 0 radical (unpaired) electrons. The minimum absolute atomic E-state index is 0.00702. The first-order chi connectivity index (χ1) is 16.6. The number of carbonyl (C=O) groups excluding carboxylic acids is 2. The van der Waals surface area contributed by atoms with Gasteiger partial charge in [0, 0.05) is 16.1 Å². The number of nitrogens with zero attached hydrogens (tertiary/aromatic N) is 4. The molecule has 0 aliphatic carbocycles. The molecule has 2 amide bonds. The largest absolute Gasteiger partial charge is 0.495 e. The maximum absolute atomic E-state index is 13.4. The van der Waals surface area contributed by atoms with Crippen LogP contribution in [-0.4, -0.2) is 40.3 Å². The molecule has 0 bridgehead atoms. The van der Waals surface area contributed by atoms with Crippen LogP contribution in [0.3, 0.4) is 0 Å². The standard InChI is InChI=1S/C23H18F3N5O3S/c1-13-12-30-20(22(33)31(13)16-4-6-17(7-5-16)35-23(24,25)26)18(11-28-30)29-21(32)14-3-8-19(34-2)15(9-14)10-27/h3-9,11,13H,12H2,1-2H3,(H,29,32). The lowest BCUT2D eigenvalue weighted by molar-refractivity contribution is -0.0328. The molecular weight excluding hydrogens is 483 g/mol. The maximum atomic E-state index is 13.4. The van der Waals surface area contributed by atoms with Crippen LogP contribution in [0.4, 0.5) is 24.5 Å². The lowest BCUT2D eigenvalue weighted by Gasteiger charge is -2.34. The number of benzene rings is 2. The summed E-state index contributed by atoms with van der Waals surface area (Å²) in [5, 5.41) is 16.1. The van der Waals surface area contributed by atoms with E-state index in [1.807, 2.05) is 6.07 Å². The molecule has 1 N–H and O–H groups in total. The number of nitriles is 1. The van der Waals surface area contributed by atoms with Gasteiger partial charge in [0.1, 0.15) is 17.5 Å². The van der Waals surface area contributed by atoms with Crippen LogP contribution < -0.4 is 15.0 Å². The molecule has 2 aromatic carbocycles. The van der Waals surface area contributed by atoms with Crippen LogP contribution in [0.2, 0.25) is 0 Å². The molecule has 35 heavy (non-hydrogen) atoms. The number of carbonyl (C=O) groups is 2. The minimum Gasteiger partial charge on any atom is -0.495 e. The lowest BCUT2D eigenvalue weighted by Crippen LogP contribution is -2.47. The van der Waals surface area contributed by atoms with E-state index in [0.717, 1.165) is 0 Å². The van der Waals surface area contributed by atoms with E-state index in [9.17, 15) is 28.0 Å². The molecule has 0 saturated heterocycles. The Balaban J connectivity index is 1.59. The topological polar surface area (TPSA) is 100 Å². The van der Waals surface area contributed by atoms with Gasteiger partial charge in [-0.2, -0.15) is 23.5 Å². The van der Waals surface area contributed by atoms with Crippen molar-refractivity contribution in [3.8, 4) is 11.8 Å². The van der Waals surface area contributed by atoms with E-state index in [2.05, 4.69) is 10.4 Å². The first-order valence-corrected chi connectivity index (χ1v) is 11.1. The number of methoxy groups -OCH3 is 1. The molecule has 2 heterocycles. The average molecular weight is 501 g/mol. The summed E-state index contributed by atoms with van der Waals surface area (Å²) in [6.45, 7) is 2.11. The van der Waals surface area contributed by atoms with Crippen LogP contribution in [0.5, 0.6) is 5.75 Å². The van der Waals surface area contributed by atoms with Gasteiger partial charge in [-0.05, 0) is 61.2 Å². The number of hydrogen-bond donors (Lipinski definition) is 1. The zero-order valence-corrected chi connectivity index (χ0v) is 19.3. The quantitative estimate of drug-likeness (QED) is 0.510. The third-order valence-electron chi connectivity index (χ3n) is 5.32. The highest BCUT2D eigenvalue weighted by Crippen LogP contribution is 2.38. The molecule has 1 atom stereocenters. The van der Waals surface area contributed by atoms with Crippen LogP contribution in [0.15, 0.2) is 53.6 Å². The highest BCUT2D eigenvalue weighted by atomic mass is 32.2. The van der Waals surface area contributed by atoms with Gasteiger partial charge in [0.05, 0.1) is 37.1 Å². The summed E-state index contributed by atoms with van der Waals surface area (Å²) < 4.78 is 44.5. The predicted molar refractivity (Wildman–Crippen MR) is 123 cm³/mol. The number of nitrogens with one attached hydrogen (secondary N) is 1. The van der Waals surface area contributed by atoms with Crippen LogP contribution in [0.25, 0.3) is 0 Å². The molecule has 4 rings (SSSR count). The van der Waals surface area contributed by atoms with Crippen molar-refractivity contribution in [1.29, 1.82) is 5.26 Å². The second-order valence-corrected chi connectivity index (χ2v) is 8.77. The summed E-state index contributed by atoms with van der Waals surface area (Å²) in [4.78, 5) is 27.7. The van der Waals surface area contributed by atoms with Gasteiger partial charge in [-0.25, -0.2) is 0 Å². The Morgan fingerprint density at radius 2 is 1.97 bits per heavy atom. The van der Waals surface area contributed by atoms with Crippen LogP contribution >= 0.6 is 11.8 Å². The van der Waals surface area contributed by atoms with Crippen molar-refractivity contribution >= 4 is 35.0 Å². The Morgan fingerprint density at radius 1 is 1.26 bits per heavy atom. The Hall–Kier alpha value is -3.98. The fourth-order valence-corrected chi connectivity index (χ4v) is 4.34. The van der Waals surface area contributed by atoms with Crippen molar-refractivity contribution < 1.29 is 27.5 Å². The maximum Gasteiger partial charge on any atom is 0.446 e. The number of amides is 2. The molecule has 8 nitrogen and oxygen atoms in total. The summed E-state index contributed by atoms with van der Waals surface area (Å²) >= 11 is -0.233. The molecule has 180 valence electrons. The molecule has 1 aliphatic heterocycles. The summed E-state index contributed by atoms with van der Waals surface area (Å²) in [6, 6.07) is 11.5. The molecular formula is C23H18F3N5O3S.